The number of amides is 2. The fourth-order valence-corrected chi connectivity index (χ4v) is 1.48. The molecule has 0 aromatic rings. The van der Waals surface area contributed by atoms with Crippen molar-refractivity contribution in [3.05, 3.63) is 0 Å². The molecule has 5 heteroatoms. The maximum absolute atomic E-state index is 10.7. The van der Waals surface area contributed by atoms with Gasteiger partial charge in [-0.3, -0.25) is 5.43 Å². The van der Waals surface area contributed by atoms with E-state index in [1.807, 2.05) is 5.43 Å². The Balaban J connectivity index is 2.11. The largest absolute Gasteiger partial charge is 0.337 e. The Morgan fingerprint density at radius 2 is 2.50 bits per heavy atom. The molecule has 0 saturated carbocycles. The smallest absolute Gasteiger partial charge is 0.328 e. The Morgan fingerprint density at radius 3 is 3.00 bits per heavy atom. The first-order valence-electron chi connectivity index (χ1n) is 4.15. The minimum Gasteiger partial charge on any atom is -0.337 e. The zero-order valence-electron chi connectivity index (χ0n) is 7.34. The Bertz CT molecular complexity index is 161. The summed E-state index contributed by atoms with van der Waals surface area (Å²) in [5, 5.41) is 2.69. The molecule has 1 heterocycles. The summed E-state index contributed by atoms with van der Waals surface area (Å²) in [6.45, 7) is 2.90. The number of hydrogen-bond acceptors (Lipinski definition) is 3. The number of carbonyl (C=O) groups is 1. The van der Waals surface area contributed by atoms with Gasteiger partial charge in [-0.1, -0.05) is 0 Å². The van der Waals surface area contributed by atoms with Crippen LogP contribution in [0.3, 0.4) is 0 Å². The van der Waals surface area contributed by atoms with E-state index in [-0.39, 0.29) is 6.03 Å². The van der Waals surface area contributed by atoms with Crippen molar-refractivity contribution in [1.82, 2.24) is 15.6 Å². The predicted octanol–water partition coefficient (Wildman–Crippen LogP) is -0.889. The lowest BCUT2D eigenvalue weighted by atomic mass is 10.1. The number of nitrogens with one attached hydrogen (secondary N) is 2. The first kappa shape index (κ1) is 9.28. The van der Waals surface area contributed by atoms with E-state index in [4.69, 9.17) is 5.84 Å². The van der Waals surface area contributed by atoms with Crippen LogP contribution in [0.2, 0.25) is 0 Å². The minimum atomic E-state index is -0.301. The molecule has 1 aliphatic heterocycles. The molecule has 0 aliphatic carbocycles. The van der Waals surface area contributed by atoms with Crippen LogP contribution in [0.15, 0.2) is 0 Å². The lowest BCUT2D eigenvalue weighted by Gasteiger charge is -2.10. The van der Waals surface area contributed by atoms with Crippen molar-refractivity contribution >= 4 is 6.03 Å². The van der Waals surface area contributed by atoms with Crippen molar-refractivity contribution in [2.45, 2.75) is 6.42 Å². The summed E-state index contributed by atoms with van der Waals surface area (Å²) in [7, 11) is 2.09. The minimum absolute atomic E-state index is 0.301. The molecule has 12 heavy (non-hydrogen) atoms. The van der Waals surface area contributed by atoms with E-state index in [1.54, 1.807) is 0 Å². The van der Waals surface area contributed by atoms with E-state index in [2.05, 4.69) is 17.3 Å². The molecule has 1 fully saturated rings. The average molecular weight is 172 g/mol. The molecule has 0 aromatic carbocycles. The third kappa shape index (κ3) is 2.67. The molecule has 4 N–H and O–H groups in total. The van der Waals surface area contributed by atoms with Crippen molar-refractivity contribution < 1.29 is 4.79 Å². The van der Waals surface area contributed by atoms with Crippen LogP contribution in [0.5, 0.6) is 0 Å². The fourth-order valence-electron chi connectivity index (χ4n) is 1.48. The molecule has 1 saturated heterocycles. The SMILES string of the molecule is CN1CCC(CNC(=O)NN)C1. The second kappa shape index (κ2) is 4.27. The van der Waals surface area contributed by atoms with Crippen LogP contribution in [-0.4, -0.2) is 37.6 Å². The normalized spacial score (nSPS) is 24.0. The maximum atomic E-state index is 10.7. The van der Waals surface area contributed by atoms with Gasteiger partial charge in [-0.2, -0.15) is 0 Å². The van der Waals surface area contributed by atoms with Crippen LogP contribution < -0.4 is 16.6 Å². The standard InChI is InChI=1S/C7H16N4O/c1-11-3-2-6(5-11)4-9-7(12)10-8/h6H,2-5,8H2,1H3,(H2,9,10,12). The number of hydrazine groups is 1. The first-order chi connectivity index (χ1) is 5.72. The number of hydrogen-bond donors (Lipinski definition) is 3. The summed E-state index contributed by atoms with van der Waals surface area (Å²) >= 11 is 0. The van der Waals surface area contributed by atoms with Gasteiger partial charge in [-0.05, 0) is 25.9 Å². The molecule has 5 nitrogen and oxygen atoms in total. The highest BCUT2D eigenvalue weighted by Crippen LogP contribution is 2.12. The number of nitrogens with two attached hydrogens (primary N) is 1. The molecular formula is C7H16N4O. The molecule has 0 aromatic heterocycles. The van der Waals surface area contributed by atoms with Gasteiger partial charge in [0, 0.05) is 13.1 Å². The topological polar surface area (TPSA) is 70.4 Å². The van der Waals surface area contributed by atoms with Gasteiger partial charge >= 0.3 is 6.03 Å². The molecule has 70 valence electrons. The van der Waals surface area contributed by atoms with E-state index in [9.17, 15) is 4.79 Å². The molecule has 0 radical (unpaired) electrons. The second-order valence-electron chi connectivity index (χ2n) is 3.27. The maximum Gasteiger partial charge on any atom is 0.328 e. The Labute approximate surface area is 72.3 Å². The lowest BCUT2D eigenvalue weighted by Crippen LogP contribution is -2.42. The van der Waals surface area contributed by atoms with Crippen LogP contribution >= 0.6 is 0 Å². The van der Waals surface area contributed by atoms with Crippen molar-refractivity contribution in [3.8, 4) is 0 Å². The van der Waals surface area contributed by atoms with Crippen LogP contribution in [0.25, 0.3) is 0 Å². The number of urea groups is 1. The summed E-state index contributed by atoms with van der Waals surface area (Å²) < 4.78 is 0. The van der Waals surface area contributed by atoms with Crippen molar-refractivity contribution in [2.75, 3.05) is 26.7 Å². The van der Waals surface area contributed by atoms with Crippen LogP contribution in [-0.2, 0) is 0 Å². The number of carbonyl (C=O) groups excluding carboxylic acids is 1. The zero-order chi connectivity index (χ0) is 8.97. The predicted molar refractivity (Wildman–Crippen MR) is 46.3 cm³/mol. The van der Waals surface area contributed by atoms with Crippen molar-refractivity contribution in [1.29, 1.82) is 0 Å². The van der Waals surface area contributed by atoms with Crippen LogP contribution in [0.4, 0.5) is 4.79 Å². The highest BCUT2D eigenvalue weighted by Gasteiger charge is 2.19. The molecule has 1 atom stereocenters. The Hall–Kier alpha value is -0.810. The summed E-state index contributed by atoms with van der Waals surface area (Å²) in [4.78, 5) is 12.9. The third-order valence-corrected chi connectivity index (χ3v) is 2.17. The molecule has 1 rings (SSSR count). The van der Waals surface area contributed by atoms with Gasteiger partial charge < -0.3 is 10.2 Å². The molecule has 0 spiro atoms. The Kier molecular flexibility index (Phi) is 3.31. The van der Waals surface area contributed by atoms with Crippen molar-refractivity contribution in [3.63, 3.8) is 0 Å². The second-order valence-corrected chi connectivity index (χ2v) is 3.27. The Morgan fingerprint density at radius 1 is 1.75 bits per heavy atom. The van der Waals surface area contributed by atoms with Gasteiger partial charge in [-0.25, -0.2) is 10.6 Å². The summed E-state index contributed by atoms with van der Waals surface area (Å²) in [5.41, 5.74) is 2.04. The van der Waals surface area contributed by atoms with Crippen LogP contribution in [0.1, 0.15) is 6.42 Å². The van der Waals surface area contributed by atoms with Gasteiger partial charge in [0.1, 0.15) is 0 Å². The summed E-state index contributed by atoms with van der Waals surface area (Å²) in [6, 6.07) is -0.301. The van der Waals surface area contributed by atoms with Gasteiger partial charge in [0.15, 0.2) is 0 Å². The van der Waals surface area contributed by atoms with Gasteiger partial charge in [0.2, 0.25) is 0 Å². The van der Waals surface area contributed by atoms with Crippen molar-refractivity contribution in [2.24, 2.45) is 11.8 Å². The summed E-state index contributed by atoms with van der Waals surface area (Å²) in [5.74, 6) is 5.49. The quantitative estimate of drug-likeness (QED) is 0.287. The van der Waals surface area contributed by atoms with E-state index < -0.39 is 0 Å². The monoisotopic (exact) mass is 172 g/mol. The molecule has 1 unspecified atom stereocenters. The number of rotatable bonds is 2. The number of nitrogens with zero attached hydrogens (tertiary/aromatic N) is 1. The van der Waals surface area contributed by atoms with Crippen LogP contribution in [0, 0.1) is 5.92 Å². The lowest BCUT2D eigenvalue weighted by molar-refractivity contribution is 0.239. The number of likely N-dealkylation sites (tertiary alicyclic amines) is 1. The summed E-state index contributed by atoms with van der Waals surface area (Å²) in [6.07, 6.45) is 1.15. The van der Waals surface area contributed by atoms with E-state index >= 15 is 0 Å². The van der Waals surface area contributed by atoms with Gasteiger partial charge in [0.25, 0.3) is 0 Å². The van der Waals surface area contributed by atoms with E-state index in [0.717, 1.165) is 19.5 Å². The van der Waals surface area contributed by atoms with E-state index in [0.29, 0.717) is 12.5 Å². The van der Waals surface area contributed by atoms with Gasteiger partial charge in [0.05, 0.1) is 0 Å². The molecule has 0 bridgehead atoms. The average Bonchev–Trinajstić information content (AvgIpc) is 2.47. The molecular weight excluding hydrogens is 156 g/mol. The highest BCUT2D eigenvalue weighted by molar-refractivity contribution is 5.72. The third-order valence-electron chi connectivity index (χ3n) is 2.17. The zero-order valence-corrected chi connectivity index (χ0v) is 7.34. The molecule has 2 amide bonds. The van der Waals surface area contributed by atoms with Gasteiger partial charge in [-0.15, -0.1) is 0 Å². The first-order valence-corrected chi connectivity index (χ1v) is 4.15. The molecule has 1 aliphatic rings. The highest BCUT2D eigenvalue weighted by atomic mass is 16.2. The fraction of sp³-hybridized carbons (Fsp3) is 0.857. The van der Waals surface area contributed by atoms with E-state index in [1.165, 1.54) is 0 Å².